The summed E-state index contributed by atoms with van der Waals surface area (Å²) in [5.41, 5.74) is 4.29. The third kappa shape index (κ3) is 1.75. The second-order valence-electron chi connectivity index (χ2n) is 4.96. The maximum Gasteiger partial charge on any atom is 0.126 e. The molecule has 0 aromatic heterocycles. The summed E-state index contributed by atoms with van der Waals surface area (Å²) in [5, 5.41) is 0. The molecule has 0 N–H and O–H groups in total. The van der Waals surface area contributed by atoms with Crippen LogP contribution in [0.15, 0.2) is 12.1 Å². The standard InChI is InChI=1S/C14H20O/c1-9(2)11-5-6-12(10(3)4)14-13(11)7-8-15-14/h5-6,9-10H,7-8H2,1-4H3. The van der Waals surface area contributed by atoms with Crippen LogP contribution in [-0.4, -0.2) is 6.61 Å². The summed E-state index contributed by atoms with van der Waals surface area (Å²) in [7, 11) is 0. The van der Waals surface area contributed by atoms with E-state index in [-0.39, 0.29) is 0 Å². The molecule has 1 heteroatoms. The number of hydrogen-bond donors (Lipinski definition) is 0. The average molecular weight is 204 g/mol. The number of benzene rings is 1. The molecule has 0 fully saturated rings. The van der Waals surface area contributed by atoms with E-state index in [0.717, 1.165) is 13.0 Å². The lowest BCUT2D eigenvalue weighted by Gasteiger charge is -2.16. The van der Waals surface area contributed by atoms with E-state index in [2.05, 4.69) is 39.8 Å². The van der Waals surface area contributed by atoms with Crippen molar-refractivity contribution in [3.8, 4) is 5.75 Å². The first-order valence-electron chi connectivity index (χ1n) is 5.89. The zero-order valence-corrected chi connectivity index (χ0v) is 10.1. The van der Waals surface area contributed by atoms with E-state index in [9.17, 15) is 0 Å². The normalized spacial score (nSPS) is 14.5. The molecule has 1 nitrogen and oxygen atoms in total. The van der Waals surface area contributed by atoms with Crippen LogP contribution in [-0.2, 0) is 6.42 Å². The molecule has 2 rings (SSSR count). The number of hydrogen-bond acceptors (Lipinski definition) is 1. The fourth-order valence-corrected chi connectivity index (χ4v) is 2.34. The molecule has 1 aliphatic heterocycles. The van der Waals surface area contributed by atoms with Crippen molar-refractivity contribution >= 4 is 0 Å². The predicted octanol–water partition coefficient (Wildman–Crippen LogP) is 3.87. The van der Waals surface area contributed by atoms with Crippen molar-refractivity contribution in [1.82, 2.24) is 0 Å². The molecule has 0 aliphatic carbocycles. The monoisotopic (exact) mass is 204 g/mol. The van der Waals surface area contributed by atoms with Gasteiger partial charge < -0.3 is 4.74 Å². The Balaban J connectivity index is 2.54. The molecule has 1 heterocycles. The Bertz CT molecular complexity index is 329. The topological polar surface area (TPSA) is 9.23 Å². The summed E-state index contributed by atoms with van der Waals surface area (Å²) in [6.07, 6.45) is 1.09. The smallest absolute Gasteiger partial charge is 0.126 e. The van der Waals surface area contributed by atoms with E-state index < -0.39 is 0 Å². The van der Waals surface area contributed by atoms with Gasteiger partial charge >= 0.3 is 0 Å². The zero-order chi connectivity index (χ0) is 11.0. The van der Waals surface area contributed by atoms with E-state index in [1.807, 2.05) is 0 Å². The van der Waals surface area contributed by atoms with Crippen LogP contribution < -0.4 is 4.74 Å². The van der Waals surface area contributed by atoms with Gasteiger partial charge in [-0.1, -0.05) is 39.8 Å². The van der Waals surface area contributed by atoms with Crippen molar-refractivity contribution in [2.75, 3.05) is 6.61 Å². The van der Waals surface area contributed by atoms with E-state index >= 15 is 0 Å². The Hall–Kier alpha value is -0.980. The third-order valence-corrected chi connectivity index (χ3v) is 3.17. The summed E-state index contributed by atoms with van der Waals surface area (Å²) >= 11 is 0. The molecule has 0 radical (unpaired) electrons. The van der Waals surface area contributed by atoms with Gasteiger partial charge in [-0.15, -0.1) is 0 Å². The lowest BCUT2D eigenvalue weighted by molar-refractivity contribution is 0.352. The lowest BCUT2D eigenvalue weighted by atomic mass is 9.90. The summed E-state index contributed by atoms with van der Waals surface area (Å²) in [4.78, 5) is 0. The van der Waals surface area contributed by atoms with Gasteiger partial charge in [-0.3, -0.25) is 0 Å². The molecule has 0 unspecified atom stereocenters. The quantitative estimate of drug-likeness (QED) is 0.710. The van der Waals surface area contributed by atoms with Gasteiger partial charge in [0.2, 0.25) is 0 Å². The first-order valence-corrected chi connectivity index (χ1v) is 5.89. The molecule has 0 amide bonds. The molecule has 15 heavy (non-hydrogen) atoms. The van der Waals surface area contributed by atoms with Gasteiger partial charge in [0.05, 0.1) is 6.61 Å². The molecule has 0 bridgehead atoms. The number of rotatable bonds is 2. The van der Waals surface area contributed by atoms with E-state index in [1.165, 1.54) is 22.4 Å². The molecule has 1 aromatic rings. The first-order chi connectivity index (χ1) is 7.11. The molecular weight excluding hydrogens is 184 g/mol. The lowest BCUT2D eigenvalue weighted by Crippen LogP contribution is -1.97. The van der Waals surface area contributed by atoms with Crippen LogP contribution in [0.4, 0.5) is 0 Å². The van der Waals surface area contributed by atoms with Crippen molar-refractivity contribution in [3.63, 3.8) is 0 Å². The Labute approximate surface area is 92.5 Å². The molecule has 0 saturated heterocycles. The molecule has 0 spiro atoms. The van der Waals surface area contributed by atoms with Crippen molar-refractivity contribution in [2.45, 2.75) is 46.0 Å². The van der Waals surface area contributed by atoms with Crippen LogP contribution in [0.2, 0.25) is 0 Å². The Morgan fingerprint density at radius 3 is 2.20 bits per heavy atom. The summed E-state index contributed by atoms with van der Waals surface area (Å²) in [6.45, 7) is 9.82. The maximum atomic E-state index is 5.78. The second kappa shape index (κ2) is 3.88. The third-order valence-electron chi connectivity index (χ3n) is 3.17. The zero-order valence-electron chi connectivity index (χ0n) is 10.1. The molecular formula is C14H20O. The van der Waals surface area contributed by atoms with Crippen LogP contribution in [0.3, 0.4) is 0 Å². The number of fused-ring (bicyclic) bond motifs is 1. The summed E-state index contributed by atoms with van der Waals surface area (Å²) < 4.78 is 5.78. The minimum atomic E-state index is 0.554. The summed E-state index contributed by atoms with van der Waals surface area (Å²) in [5.74, 6) is 2.33. The molecule has 1 aliphatic rings. The van der Waals surface area contributed by atoms with Crippen LogP contribution in [0.1, 0.15) is 56.2 Å². The van der Waals surface area contributed by atoms with Crippen LogP contribution in [0.5, 0.6) is 5.75 Å². The fourth-order valence-electron chi connectivity index (χ4n) is 2.34. The SMILES string of the molecule is CC(C)c1ccc(C(C)C)c2c1CCO2. The van der Waals surface area contributed by atoms with Gasteiger partial charge in [-0.25, -0.2) is 0 Å². The highest BCUT2D eigenvalue weighted by Gasteiger charge is 2.22. The van der Waals surface area contributed by atoms with Gasteiger partial charge in [0.15, 0.2) is 0 Å². The molecule has 0 atom stereocenters. The van der Waals surface area contributed by atoms with E-state index in [1.54, 1.807) is 0 Å². The predicted molar refractivity (Wildman–Crippen MR) is 63.8 cm³/mol. The Morgan fingerprint density at radius 2 is 1.60 bits per heavy atom. The van der Waals surface area contributed by atoms with Crippen LogP contribution in [0, 0.1) is 0 Å². The minimum absolute atomic E-state index is 0.554. The van der Waals surface area contributed by atoms with Gasteiger partial charge in [-0.05, 0) is 23.0 Å². The second-order valence-corrected chi connectivity index (χ2v) is 4.96. The largest absolute Gasteiger partial charge is 0.493 e. The molecule has 1 aromatic carbocycles. The minimum Gasteiger partial charge on any atom is -0.493 e. The van der Waals surface area contributed by atoms with Crippen molar-refractivity contribution < 1.29 is 4.74 Å². The van der Waals surface area contributed by atoms with E-state index in [0.29, 0.717) is 11.8 Å². The fraction of sp³-hybridized carbons (Fsp3) is 0.571. The van der Waals surface area contributed by atoms with Crippen molar-refractivity contribution in [3.05, 3.63) is 28.8 Å². The Kier molecular flexibility index (Phi) is 2.72. The van der Waals surface area contributed by atoms with Crippen LogP contribution in [0.25, 0.3) is 0 Å². The average Bonchev–Trinajstić information content (AvgIpc) is 2.63. The maximum absolute atomic E-state index is 5.78. The van der Waals surface area contributed by atoms with Crippen LogP contribution >= 0.6 is 0 Å². The molecule has 0 saturated carbocycles. The highest BCUT2D eigenvalue weighted by molar-refractivity contribution is 5.50. The highest BCUT2D eigenvalue weighted by Crippen LogP contribution is 2.38. The van der Waals surface area contributed by atoms with Crippen molar-refractivity contribution in [1.29, 1.82) is 0 Å². The van der Waals surface area contributed by atoms with Gasteiger partial charge in [0.1, 0.15) is 5.75 Å². The van der Waals surface area contributed by atoms with E-state index in [4.69, 9.17) is 4.74 Å². The highest BCUT2D eigenvalue weighted by atomic mass is 16.5. The first kappa shape index (κ1) is 10.5. The summed E-state index contributed by atoms with van der Waals surface area (Å²) in [6, 6.07) is 4.53. The molecule has 82 valence electrons. The van der Waals surface area contributed by atoms with Gasteiger partial charge in [0, 0.05) is 12.0 Å². The van der Waals surface area contributed by atoms with Crippen molar-refractivity contribution in [2.24, 2.45) is 0 Å². The Morgan fingerprint density at radius 1 is 1.00 bits per heavy atom. The van der Waals surface area contributed by atoms with Gasteiger partial charge in [0.25, 0.3) is 0 Å². The number of ether oxygens (including phenoxy) is 1. The van der Waals surface area contributed by atoms with Gasteiger partial charge in [-0.2, -0.15) is 0 Å².